The highest BCUT2D eigenvalue weighted by Crippen LogP contribution is 2.17. The quantitative estimate of drug-likeness (QED) is 0.498. The topological polar surface area (TPSA) is 84.2 Å². The van der Waals surface area contributed by atoms with E-state index in [0.717, 1.165) is 24.8 Å². The van der Waals surface area contributed by atoms with Crippen molar-refractivity contribution in [3.05, 3.63) is 59.2 Å². The molecule has 0 spiro atoms. The smallest absolute Gasteiger partial charge is 0.251 e. The van der Waals surface area contributed by atoms with Crippen LogP contribution in [0.25, 0.3) is 0 Å². The number of nitrogens with two attached hydrogens (primary N) is 1. The number of benzene rings is 2. The molecular formula is C21H27N3O2. The number of nitrogen functional groups attached to an aromatic ring is 1. The van der Waals surface area contributed by atoms with E-state index in [1.807, 2.05) is 44.2 Å². The second kappa shape index (κ2) is 9.61. The number of unbranched alkanes of at least 4 members (excludes halogenated alkanes) is 2. The standard InChI is InChI=1S/C21H27N3O2/c1-15-11-12-17(14-16(15)2)21(26)23-13-7-3-4-10-20(25)24-19-9-6-5-8-18(19)22/h5-6,8-9,11-12,14H,3-4,7,10,13,22H2,1-2H3,(H,23,26)(H,24,25). The van der Waals surface area contributed by atoms with Gasteiger partial charge in [-0.15, -0.1) is 0 Å². The Balaban J connectivity index is 1.61. The van der Waals surface area contributed by atoms with Gasteiger partial charge in [-0.1, -0.05) is 24.6 Å². The summed E-state index contributed by atoms with van der Waals surface area (Å²) in [7, 11) is 0. The van der Waals surface area contributed by atoms with Crippen LogP contribution in [-0.2, 0) is 4.79 Å². The molecule has 4 N–H and O–H groups in total. The lowest BCUT2D eigenvalue weighted by atomic mass is 10.1. The van der Waals surface area contributed by atoms with Gasteiger partial charge >= 0.3 is 0 Å². The maximum atomic E-state index is 12.1. The molecule has 5 nitrogen and oxygen atoms in total. The highest BCUT2D eigenvalue weighted by Gasteiger charge is 2.07. The van der Waals surface area contributed by atoms with Crippen molar-refractivity contribution in [1.29, 1.82) is 0 Å². The van der Waals surface area contributed by atoms with E-state index in [0.29, 0.717) is 29.9 Å². The second-order valence-corrected chi connectivity index (χ2v) is 6.50. The van der Waals surface area contributed by atoms with Crippen molar-refractivity contribution in [3.8, 4) is 0 Å². The molecule has 0 radical (unpaired) electrons. The van der Waals surface area contributed by atoms with Gasteiger partial charge in [0.2, 0.25) is 5.91 Å². The number of aryl methyl sites for hydroxylation is 2. The van der Waals surface area contributed by atoms with Crippen LogP contribution in [0.3, 0.4) is 0 Å². The van der Waals surface area contributed by atoms with Gasteiger partial charge in [-0.3, -0.25) is 9.59 Å². The highest BCUT2D eigenvalue weighted by molar-refractivity contribution is 5.94. The molecule has 0 aliphatic heterocycles. The van der Waals surface area contributed by atoms with Crippen LogP contribution < -0.4 is 16.4 Å². The van der Waals surface area contributed by atoms with E-state index in [4.69, 9.17) is 5.73 Å². The third kappa shape index (κ3) is 5.92. The summed E-state index contributed by atoms with van der Waals surface area (Å²) < 4.78 is 0. The van der Waals surface area contributed by atoms with Crippen molar-refractivity contribution in [2.24, 2.45) is 0 Å². The summed E-state index contributed by atoms with van der Waals surface area (Å²) in [6.45, 7) is 4.64. The van der Waals surface area contributed by atoms with Gasteiger partial charge in [0.05, 0.1) is 11.4 Å². The lowest BCUT2D eigenvalue weighted by molar-refractivity contribution is -0.116. The minimum Gasteiger partial charge on any atom is -0.397 e. The van der Waals surface area contributed by atoms with Crippen molar-refractivity contribution < 1.29 is 9.59 Å². The van der Waals surface area contributed by atoms with E-state index in [2.05, 4.69) is 10.6 Å². The minimum absolute atomic E-state index is 0.0398. The number of hydrogen-bond acceptors (Lipinski definition) is 3. The number of rotatable bonds is 8. The summed E-state index contributed by atoms with van der Waals surface area (Å²) >= 11 is 0. The Kier molecular flexibility index (Phi) is 7.21. The third-order valence-electron chi connectivity index (χ3n) is 4.37. The van der Waals surface area contributed by atoms with Gasteiger partial charge in [0.1, 0.15) is 0 Å². The Hall–Kier alpha value is -2.82. The molecule has 138 valence electrons. The fraction of sp³-hybridized carbons (Fsp3) is 0.333. The molecule has 26 heavy (non-hydrogen) atoms. The van der Waals surface area contributed by atoms with E-state index in [1.54, 1.807) is 12.1 Å². The van der Waals surface area contributed by atoms with Crippen LogP contribution in [0.15, 0.2) is 42.5 Å². The maximum absolute atomic E-state index is 12.1. The Morgan fingerprint density at radius 3 is 2.46 bits per heavy atom. The number of hydrogen-bond donors (Lipinski definition) is 3. The van der Waals surface area contributed by atoms with Gasteiger partial charge in [-0.25, -0.2) is 0 Å². The summed E-state index contributed by atoms with van der Waals surface area (Å²) in [5.41, 5.74) is 10.00. The number of para-hydroxylation sites is 2. The van der Waals surface area contributed by atoms with E-state index >= 15 is 0 Å². The maximum Gasteiger partial charge on any atom is 0.251 e. The minimum atomic E-state index is -0.0506. The first-order valence-corrected chi connectivity index (χ1v) is 8.97. The SMILES string of the molecule is Cc1ccc(C(=O)NCCCCCC(=O)Nc2ccccc2N)cc1C. The van der Waals surface area contributed by atoms with Crippen LogP contribution in [0.2, 0.25) is 0 Å². The number of nitrogens with one attached hydrogen (secondary N) is 2. The molecule has 2 aromatic rings. The fourth-order valence-corrected chi connectivity index (χ4v) is 2.60. The summed E-state index contributed by atoms with van der Waals surface area (Å²) in [4.78, 5) is 24.0. The first-order chi connectivity index (χ1) is 12.5. The molecule has 0 unspecified atom stereocenters. The zero-order chi connectivity index (χ0) is 18.9. The second-order valence-electron chi connectivity index (χ2n) is 6.50. The predicted molar refractivity (Wildman–Crippen MR) is 106 cm³/mol. The molecule has 5 heteroatoms. The van der Waals surface area contributed by atoms with Crippen molar-refractivity contribution in [1.82, 2.24) is 5.32 Å². The van der Waals surface area contributed by atoms with Gasteiger partial charge in [0.25, 0.3) is 5.91 Å². The van der Waals surface area contributed by atoms with Crippen molar-refractivity contribution in [2.45, 2.75) is 39.5 Å². The van der Waals surface area contributed by atoms with Crippen molar-refractivity contribution in [2.75, 3.05) is 17.6 Å². The molecule has 2 aromatic carbocycles. The van der Waals surface area contributed by atoms with Gasteiger partial charge in [-0.05, 0) is 62.1 Å². The molecular weight excluding hydrogens is 326 g/mol. The molecule has 0 aliphatic rings. The largest absolute Gasteiger partial charge is 0.397 e. The average molecular weight is 353 g/mol. The van der Waals surface area contributed by atoms with Gasteiger partial charge < -0.3 is 16.4 Å². The predicted octanol–water partition coefficient (Wildman–Crippen LogP) is 3.81. The van der Waals surface area contributed by atoms with Crippen LogP contribution in [0.4, 0.5) is 11.4 Å². The van der Waals surface area contributed by atoms with E-state index in [9.17, 15) is 9.59 Å². The Bertz CT molecular complexity index is 772. The molecule has 0 saturated heterocycles. The van der Waals surface area contributed by atoms with E-state index in [-0.39, 0.29) is 11.8 Å². The Morgan fingerprint density at radius 2 is 1.73 bits per heavy atom. The van der Waals surface area contributed by atoms with Crippen molar-refractivity contribution in [3.63, 3.8) is 0 Å². The highest BCUT2D eigenvalue weighted by atomic mass is 16.2. The summed E-state index contributed by atoms with van der Waals surface area (Å²) in [6, 6.07) is 12.9. The van der Waals surface area contributed by atoms with Gasteiger partial charge in [-0.2, -0.15) is 0 Å². The molecule has 0 aromatic heterocycles. The summed E-state index contributed by atoms with van der Waals surface area (Å²) in [5.74, 6) is -0.0903. The van der Waals surface area contributed by atoms with E-state index < -0.39 is 0 Å². The van der Waals surface area contributed by atoms with Crippen LogP contribution in [0, 0.1) is 13.8 Å². The zero-order valence-electron chi connectivity index (χ0n) is 15.5. The van der Waals surface area contributed by atoms with Crippen LogP contribution in [0.5, 0.6) is 0 Å². The zero-order valence-corrected chi connectivity index (χ0v) is 15.5. The van der Waals surface area contributed by atoms with Crippen molar-refractivity contribution >= 4 is 23.2 Å². The summed E-state index contributed by atoms with van der Waals surface area (Å²) in [6.07, 6.45) is 2.94. The first kappa shape index (κ1) is 19.5. The Morgan fingerprint density at radius 1 is 0.962 bits per heavy atom. The fourth-order valence-electron chi connectivity index (χ4n) is 2.60. The van der Waals surface area contributed by atoms with Crippen LogP contribution >= 0.6 is 0 Å². The van der Waals surface area contributed by atoms with Crippen LogP contribution in [0.1, 0.15) is 47.2 Å². The van der Waals surface area contributed by atoms with E-state index in [1.165, 1.54) is 5.56 Å². The third-order valence-corrected chi connectivity index (χ3v) is 4.37. The lowest BCUT2D eigenvalue weighted by Crippen LogP contribution is -2.24. The molecule has 0 bridgehead atoms. The number of amides is 2. The number of carbonyl (C=O) groups excluding carboxylic acids is 2. The monoisotopic (exact) mass is 353 g/mol. The lowest BCUT2D eigenvalue weighted by Gasteiger charge is -2.08. The van der Waals surface area contributed by atoms with Gasteiger partial charge in [0.15, 0.2) is 0 Å². The molecule has 2 rings (SSSR count). The van der Waals surface area contributed by atoms with Crippen LogP contribution in [-0.4, -0.2) is 18.4 Å². The Labute approximate surface area is 155 Å². The normalized spacial score (nSPS) is 10.4. The molecule has 0 fully saturated rings. The first-order valence-electron chi connectivity index (χ1n) is 8.97. The number of anilines is 2. The summed E-state index contributed by atoms with van der Waals surface area (Å²) in [5, 5.41) is 5.74. The molecule has 0 heterocycles. The molecule has 0 atom stereocenters. The van der Waals surface area contributed by atoms with Gasteiger partial charge in [0, 0.05) is 18.5 Å². The molecule has 0 aliphatic carbocycles. The molecule has 2 amide bonds. The number of carbonyl (C=O) groups is 2. The molecule has 0 saturated carbocycles. The average Bonchev–Trinajstić information content (AvgIpc) is 2.62.